The fourth-order valence-electron chi connectivity index (χ4n) is 4.39. The molecule has 4 aromatic carbocycles. The SMILES string of the molecule is CCc1ccc(N2C(=O)NC(=O)/C(=C\c3c(OCc4cccc([N+](=O)[O-])c4)ccc4ccccc34)C2=O)cc1. The minimum absolute atomic E-state index is 0.0186. The number of urea groups is 1. The molecule has 1 N–H and O–H groups in total. The normalized spacial score (nSPS) is 14.5. The monoisotopic (exact) mass is 521 g/mol. The van der Waals surface area contributed by atoms with Crippen molar-refractivity contribution in [2.75, 3.05) is 4.90 Å². The molecule has 1 aliphatic rings. The molecule has 1 heterocycles. The van der Waals surface area contributed by atoms with Gasteiger partial charge in [-0.2, -0.15) is 0 Å². The zero-order valence-corrected chi connectivity index (χ0v) is 20.9. The standard InChI is InChI=1S/C30H23N3O6/c1-2-19-10-13-22(14-11-19)32-29(35)26(28(34)31-30(32)36)17-25-24-9-4-3-7-21(24)12-15-27(25)39-18-20-6-5-8-23(16-20)33(37)38/h3-17H,2,18H2,1H3,(H,31,34,36)/b26-17+. The molecular formula is C30H23N3O6. The quantitative estimate of drug-likeness (QED) is 0.147. The number of nitro groups is 1. The van der Waals surface area contributed by atoms with Crippen molar-refractivity contribution in [3.8, 4) is 5.75 Å². The van der Waals surface area contributed by atoms with Gasteiger partial charge in [0.15, 0.2) is 0 Å². The summed E-state index contributed by atoms with van der Waals surface area (Å²) in [5.41, 5.74) is 2.14. The second-order valence-electron chi connectivity index (χ2n) is 8.89. The van der Waals surface area contributed by atoms with Gasteiger partial charge >= 0.3 is 6.03 Å². The smallest absolute Gasteiger partial charge is 0.335 e. The highest BCUT2D eigenvalue weighted by molar-refractivity contribution is 6.39. The lowest BCUT2D eigenvalue weighted by Crippen LogP contribution is -2.54. The summed E-state index contributed by atoms with van der Waals surface area (Å²) in [5, 5.41) is 15.0. The Hall–Kier alpha value is -5.31. The summed E-state index contributed by atoms with van der Waals surface area (Å²) in [6, 6.07) is 23.2. The molecule has 39 heavy (non-hydrogen) atoms. The van der Waals surface area contributed by atoms with Crippen molar-refractivity contribution in [2.45, 2.75) is 20.0 Å². The Morgan fingerprint density at radius 3 is 2.44 bits per heavy atom. The van der Waals surface area contributed by atoms with E-state index < -0.39 is 22.8 Å². The third kappa shape index (κ3) is 5.10. The van der Waals surface area contributed by atoms with Crippen molar-refractivity contribution in [1.29, 1.82) is 0 Å². The number of nitro benzene ring substituents is 1. The van der Waals surface area contributed by atoms with Gasteiger partial charge < -0.3 is 4.74 Å². The molecular weight excluding hydrogens is 498 g/mol. The van der Waals surface area contributed by atoms with Gasteiger partial charge in [0.2, 0.25) is 0 Å². The third-order valence-electron chi connectivity index (χ3n) is 6.44. The number of imide groups is 2. The van der Waals surface area contributed by atoms with Crippen LogP contribution < -0.4 is 15.0 Å². The molecule has 0 saturated carbocycles. The molecule has 9 nitrogen and oxygen atoms in total. The predicted molar refractivity (Wildman–Crippen MR) is 146 cm³/mol. The first-order valence-corrected chi connectivity index (χ1v) is 12.2. The van der Waals surface area contributed by atoms with E-state index in [1.807, 2.05) is 49.4 Å². The van der Waals surface area contributed by atoms with Crippen LogP contribution in [0.25, 0.3) is 16.8 Å². The van der Waals surface area contributed by atoms with Crippen LogP contribution in [0.2, 0.25) is 0 Å². The van der Waals surface area contributed by atoms with Gasteiger partial charge in [0, 0.05) is 17.7 Å². The van der Waals surface area contributed by atoms with E-state index in [2.05, 4.69) is 5.32 Å². The molecule has 0 unspecified atom stereocenters. The number of carbonyl (C=O) groups is 3. The molecule has 4 aromatic rings. The molecule has 1 aliphatic heterocycles. The molecule has 194 valence electrons. The Morgan fingerprint density at radius 1 is 0.923 bits per heavy atom. The largest absolute Gasteiger partial charge is 0.488 e. The van der Waals surface area contributed by atoms with Crippen LogP contribution in [0.1, 0.15) is 23.6 Å². The number of non-ortho nitro benzene ring substituents is 1. The summed E-state index contributed by atoms with van der Waals surface area (Å²) in [7, 11) is 0. The number of ether oxygens (including phenoxy) is 1. The molecule has 0 radical (unpaired) electrons. The average Bonchev–Trinajstić information content (AvgIpc) is 2.94. The summed E-state index contributed by atoms with van der Waals surface area (Å²) in [5.74, 6) is -1.21. The number of nitrogens with one attached hydrogen (secondary N) is 1. The van der Waals surface area contributed by atoms with Gasteiger partial charge in [0.1, 0.15) is 17.9 Å². The summed E-state index contributed by atoms with van der Waals surface area (Å²) >= 11 is 0. The number of nitrogens with zero attached hydrogens (tertiary/aromatic N) is 2. The minimum Gasteiger partial charge on any atom is -0.488 e. The lowest BCUT2D eigenvalue weighted by atomic mass is 9.99. The highest BCUT2D eigenvalue weighted by Gasteiger charge is 2.37. The zero-order valence-electron chi connectivity index (χ0n) is 20.9. The van der Waals surface area contributed by atoms with Crippen LogP contribution in [0.4, 0.5) is 16.2 Å². The first-order valence-electron chi connectivity index (χ1n) is 12.2. The van der Waals surface area contributed by atoms with Gasteiger partial charge in [-0.15, -0.1) is 0 Å². The summed E-state index contributed by atoms with van der Waals surface area (Å²) in [6.07, 6.45) is 2.22. The van der Waals surface area contributed by atoms with Gasteiger partial charge in [-0.05, 0) is 52.6 Å². The molecule has 0 aromatic heterocycles. The molecule has 0 aliphatic carbocycles. The Kier molecular flexibility index (Phi) is 6.88. The molecule has 0 spiro atoms. The van der Waals surface area contributed by atoms with E-state index in [4.69, 9.17) is 4.74 Å². The number of rotatable bonds is 7. The van der Waals surface area contributed by atoms with E-state index in [1.165, 1.54) is 18.2 Å². The van der Waals surface area contributed by atoms with Crippen LogP contribution in [0.3, 0.4) is 0 Å². The van der Waals surface area contributed by atoms with Crippen LogP contribution in [0, 0.1) is 10.1 Å². The molecule has 0 bridgehead atoms. The number of hydrogen-bond donors (Lipinski definition) is 1. The Balaban J connectivity index is 1.55. The van der Waals surface area contributed by atoms with Crippen molar-refractivity contribution in [3.63, 3.8) is 0 Å². The molecule has 1 fully saturated rings. The molecule has 1 saturated heterocycles. The number of benzene rings is 4. The molecule has 5 rings (SSSR count). The fraction of sp³-hybridized carbons (Fsp3) is 0.100. The molecule has 0 atom stereocenters. The van der Waals surface area contributed by atoms with Crippen LogP contribution >= 0.6 is 0 Å². The van der Waals surface area contributed by atoms with E-state index >= 15 is 0 Å². The summed E-state index contributed by atoms with van der Waals surface area (Å²) in [4.78, 5) is 50.6. The first kappa shape index (κ1) is 25.3. The molecule has 9 heteroatoms. The number of carbonyl (C=O) groups excluding carboxylic acids is 3. The number of anilines is 1. The maximum atomic E-state index is 13.5. The maximum absolute atomic E-state index is 13.5. The number of aryl methyl sites for hydroxylation is 1. The van der Waals surface area contributed by atoms with Crippen LogP contribution in [-0.2, 0) is 22.6 Å². The van der Waals surface area contributed by atoms with E-state index in [0.717, 1.165) is 27.7 Å². The van der Waals surface area contributed by atoms with Gasteiger partial charge in [-0.3, -0.25) is 25.0 Å². The van der Waals surface area contributed by atoms with Gasteiger partial charge in [-0.25, -0.2) is 9.69 Å². The van der Waals surface area contributed by atoms with Crippen molar-refractivity contribution in [1.82, 2.24) is 5.32 Å². The van der Waals surface area contributed by atoms with Crippen LogP contribution in [0.5, 0.6) is 5.75 Å². The number of barbiturate groups is 1. The van der Waals surface area contributed by atoms with E-state index in [0.29, 0.717) is 22.6 Å². The van der Waals surface area contributed by atoms with E-state index in [-0.39, 0.29) is 17.9 Å². The third-order valence-corrected chi connectivity index (χ3v) is 6.44. The highest BCUT2D eigenvalue weighted by Crippen LogP contribution is 2.32. The number of amides is 4. The second kappa shape index (κ2) is 10.6. The average molecular weight is 522 g/mol. The van der Waals surface area contributed by atoms with Crippen molar-refractivity contribution in [2.24, 2.45) is 0 Å². The Morgan fingerprint density at radius 2 is 1.69 bits per heavy atom. The highest BCUT2D eigenvalue weighted by atomic mass is 16.6. The second-order valence-corrected chi connectivity index (χ2v) is 8.89. The van der Waals surface area contributed by atoms with E-state index in [1.54, 1.807) is 30.3 Å². The molecule has 4 amide bonds. The van der Waals surface area contributed by atoms with Crippen molar-refractivity contribution >= 4 is 46.1 Å². The first-order chi connectivity index (χ1) is 18.9. The predicted octanol–water partition coefficient (Wildman–Crippen LogP) is 5.56. The van der Waals surface area contributed by atoms with E-state index in [9.17, 15) is 24.5 Å². The van der Waals surface area contributed by atoms with Crippen LogP contribution in [-0.4, -0.2) is 22.8 Å². The Bertz CT molecular complexity index is 1660. The van der Waals surface area contributed by atoms with Gasteiger partial charge in [0.05, 0.1) is 10.6 Å². The zero-order chi connectivity index (χ0) is 27.5. The summed E-state index contributed by atoms with van der Waals surface area (Å²) < 4.78 is 6.05. The lowest BCUT2D eigenvalue weighted by molar-refractivity contribution is -0.384. The minimum atomic E-state index is -0.827. The van der Waals surface area contributed by atoms with Gasteiger partial charge in [0.25, 0.3) is 17.5 Å². The number of hydrogen-bond acceptors (Lipinski definition) is 6. The maximum Gasteiger partial charge on any atom is 0.335 e. The van der Waals surface area contributed by atoms with Crippen molar-refractivity contribution < 1.29 is 24.0 Å². The summed E-state index contributed by atoms with van der Waals surface area (Å²) in [6.45, 7) is 2.01. The fourth-order valence-corrected chi connectivity index (χ4v) is 4.39. The van der Waals surface area contributed by atoms with Crippen molar-refractivity contribution in [3.05, 3.63) is 117 Å². The van der Waals surface area contributed by atoms with Crippen LogP contribution in [0.15, 0.2) is 90.5 Å². The topological polar surface area (TPSA) is 119 Å². The number of fused-ring (bicyclic) bond motifs is 1. The van der Waals surface area contributed by atoms with Gasteiger partial charge in [-0.1, -0.05) is 61.5 Å². The Labute approximate surface area is 223 Å². The lowest BCUT2D eigenvalue weighted by Gasteiger charge is -2.26.